The zero-order chi connectivity index (χ0) is 15.7. The smallest absolute Gasteiger partial charge is 0.306 e. The lowest BCUT2D eigenvalue weighted by atomic mass is 9.80. The molecule has 2 aliphatic rings. The number of carboxylic acid groups (broad SMARTS) is 1. The number of aliphatic carboxylic acids is 1. The number of carboxylic acids is 1. The monoisotopic (exact) mass is 301 g/mol. The van der Waals surface area contributed by atoms with Crippen molar-refractivity contribution in [2.24, 2.45) is 11.8 Å². The van der Waals surface area contributed by atoms with Crippen molar-refractivity contribution in [1.29, 1.82) is 0 Å². The van der Waals surface area contributed by atoms with Crippen molar-refractivity contribution < 1.29 is 14.7 Å². The molecular formula is C18H23NO3. The van der Waals surface area contributed by atoms with Crippen LogP contribution in [0.2, 0.25) is 0 Å². The van der Waals surface area contributed by atoms with E-state index in [1.54, 1.807) is 0 Å². The predicted molar refractivity (Wildman–Crippen MR) is 83.5 cm³/mol. The number of benzene rings is 1. The molecule has 0 aliphatic heterocycles. The first-order valence-electron chi connectivity index (χ1n) is 8.12. The van der Waals surface area contributed by atoms with Crippen LogP contribution in [0.5, 0.6) is 0 Å². The van der Waals surface area contributed by atoms with Gasteiger partial charge in [0.25, 0.3) is 0 Å². The number of hydrogen-bond donors (Lipinski definition) is 1. The molecule has 0 spiro atoms. The molecule has 0 heterocycles. The van der Waals surface area contributed by atoms with Gasteiger partial charge in [0.2, 0.25) is 5.91 Å². The van der Waals surface area contributed by atoms with E-state index in [-0.39, 0.29) is 23.8 Å². The standard InChI is InChI=1S/C18H23NO3/c1-19(16-10-12-5-2-3-6-13(12)11-16)17(20)14-7-4-8-15(9-14)18(21)22/h2-3,5-6,14-16H,4,7-11H2,1H3,(H,21,22). The van der Waals surface area contributed by atoms with Crippen LogP contribution in [0, 0.1) is 11.8 Å². The summed E-state index contributed by atoms with van der Waals surface area (Å²) in [6.45, 7) is 0. The number of fused-ring (bicyclic) bond motifs is 1. The molecule has 3 rings (SSSR count). The number of rotatable bonds is 3. The van der Waals surface area contributed by atoms with Crippen LogP contribution < -0.4 is 0 Å². The largest absolute Gasteiger partial charge is 0.481 e. The Morgan fingerprint density at radius 1 is 1.09 bits per heavy atom. The molecule has 118 valence electrons. The molecule has 0 radical (unpaired) electrons. The number of carbonyl (C=O) groups excluding carboxylic acids is 1. The molecule has 4 heteroatoms. The van der Waals surface area contributed by atoms with Gasteiger partial charge in [0.15, 0.2) is 0 Å². The minimum Gasteiger partial charge on any atom is -0.481 e. The summed E-state index contributed by atoms with van der Waals surface area (Å²) in [6.07, 6.45) is 4.69. The Morgan fingerprint density at radius 2 is 1.68 bits per heavy atom. The maximum atomic E-state index is 12.7. The van der Waals surface area contributed by atoms with Crippen molar-refractivity contribution >= 4 is 11.9 Å². The topological polar surface area (TPSA) is 57.6 Å². The summed E-state index contributed by atoms with van der Waals surface area (Å²) < 4.78 is 0. The van der Waals surface area contributed by atoms with Gasteiger partial charge in [-0.2, -0.15) is 0 Å². The fourth-order valence-electron chi connectivity index (χ4n) is 3.92. The molecule has 1 saturated carbocycles. The molecule has 22 heavy (non-hydrogen) atoms. The summed E-state index contributed by atoms with van der Waals surface area (Å²) in [5.74, 6) is -1.10. The first-order valence-corrected chi connectivity index (χ1v) is 8.12. The third-order valence-corrected chi connectivity index (χ3v) is 5.30. The van der Waals surface area contributed by atoms with Gasteiger partial charge in [0, 0.05) is 19.0 Å². The lowest BCUT2D eigenvalue weighted by Gasteiger charge is -2.32. The van der Waals surface area contributed by atoms with Gasteiger partial charge >= 0.3 is 5.97 Å². The van der Waals surface area contributed by atoms with Crippen LogP contribution in [-0.2, 0) is 22.4 Å². The predicted octanol–water partition coefficient (Wildman–Crippen LogP) is 2.50. The van der Waals surface area contributed by atoms with Crippen molar-refractivity contribution in [2.75, 3.05) is 7.05 Å². The molecule has 1 fully saturated rings. The Labute approximate surface area is 131 Å². The van der Waals surface area contributed by atoms with Crippen LogP contribution >= 0.6 is 0 Å². The summed E-state index contributed by atoms with van der Waals surface area (Å²) in [7, 11) is 1.88. The summed E-state index contributed by atoms with van der Waals surface area (Å²) >= 11 is 0. The van der Waals surface area contributed by atoms with Gasteiger partial charge in [-0.1, -0.05) is 30.7 Å². The molecule has 2 atom stereocenters. The van der Waals surface area contributed by atoms with E-state index in [4.69, 9.17) is 0 Å². The van der Waals surface area contributed by atoms with Crippen molar-refractivity contribution in [2.45, 2.75) is 44.6 Å². The van der Waals surface area contributed by atoms with Gasteiger partial charge in [-0.3, -0.25) is 9.59 Å². The van der Waals surface area contributed by atoms with Gasteiger partial charge in [-0.15, -0.1) is 0 Å². The highest BCUT2D eigenvalue weighted by atomic mass is 16.4. The van der Waals surface area contributed by atoms with Crippen LogP contribution in [0.25, 0.3) is 0 Å². The molecule has 2 unspecified atom stereocenters. The highest BCUT2D eigenvalue weighted by Gasteiger charge is 2.35. The maximum Gasteiger partial charge on any atom is 0.306 e. The Balaban J connectivity index is 1.64. The molecule has 0 saturated heterocycles. The van der Waals surface area contributed by atoms with E-state index >= 15 is 0 Å². The van der Waals surface area contributed by atoms with E-state index in [0.717, 1.165) is 25.7 Å². The fraction of sp³-hybridized carbons (Fsp3) is 0.556. The van der Waals surface area contributed by atoms with E-state index in [1.807, 2.05) is 24.1 Å². The second kappa shape index (κ2) is 6.11. The zero-order valence-corrected chi connectivity index (χ0v) is 13.0. The lowest BCUT2D eigenvalue weighted by molar-refractivity contribution is -0.145. The van der Waals surface area contributed by atoms with Gasteiger partial charge in [-0.05, 0) is 43.2 Å². The summed E-state index contributed by atoms with van der Waals surface area (Å²) in [6, 6.07) is 8.57. The first-order chi connectivity index (χ1) is 10.6. The van der Waals surface area contributed by atoms with Crippen molar-refractivity contribution in [3.63, 3.8) is 0 Å². The highest BCUT2D eigenvalue weighted by Crippen LogP contribution is 2.32. The van der Waals surface area contributed by atoms with Gasteiger partial charge in [0.05, 0.1) is 5.92 Å². The van der Waals surface area contributed by atoms with E-state index in [1.165, 1.54) is 11.1 Å². The molecule has 2 aliphatic carbocycles. The SMILES string of the molecule is CN(C(=O)C1CCCC(C(=O)O)C1)C1Cc2ccccc2C1. The second-order valence-electron chi connectivity index (χ2n) is 6.68. The summed E-state index contributed by atoms with van der Waals surface area (Å²) in [4.78, 5) is 25.8. The van der Waals surface area contributed by atoms with Crippen LogP contribution in [0.15, 0.2) is 24.3 Å². The third kappa shape index (κ3) is 2.87. The number of carbonyl (C=O) groups is 2. The summed E-state index contributed by atoms with van der Waals surface area (Å²) in [5.41, 5.74) is 2.67. The molecule has 1 amide bonds. The third-order valence-electron chi connectivity index (χ3n) is 5.30. The first kappa shape index (κ1) is 15.1. The van der Waals surface area contributed by atoms with Crippen LogP contribution in [0.4, 0.5) is 0 Å². The average molecular weight is 301 g/mol. The molecule has 1 aromatic carbocycles. The number of hydrogen-bond acceptors (Lipinski definition) is 2. The summed E-state index contributed by atoms with van der Waals surface area (Å²) in [5, 5.41) is 9.18. The fourth-order valence-corrected chi connectivity index (χ4v) is 3.92. The molecule has 1 N–H and O–H groups in total. The normalized spacial score (nSPS) is 24.8. The van der Waals surface area contributed by atoms with Crippen LogP contribution in [0.1, 0.15) is 36.8 Å². The number of likely N-dealkylation sites (N-methyl/N-ethyl adjacent to an activating group) is 1. The quantitative estimate of drug-likeness (QED) is 0.933. The van der Waals surface area contributed by atoms with Crippen molar-refractivity contribution in [3.8, 4) is 0 Å². The molecule has 0 aromatic heterocycles. The zero-order valence-electron chi connectivity index (χ0n) is 13.0. The number of nitrogens with zero attached hydrogens (tertiary/aromatic N) is 1. The van der Waals surface area contributed by atoms with Gasteiger partial charge in [-0.25, -0.2) is 0 Å². The highest BCUT2D eigenvalue weighted by molar-refractivity contribution is 5.80. The van der Waals surface area contributed by atoms with E-state index in [9.17, 15) is 14.7 Å². The minimum atomic E-state index is -0.756. The van der Waals surface area contributed by atoms with Crippen molar-refractivity contribution in [1.82, 2.24) is 4.90 Å². The molecular weight excluding hydrogens is 278 g/mol. The van der Waals surface area contributed by atoms with Gasteiger partial charge < -0.3 is 10.0 Å². The minimum absolute atomic E-state index is 0.122. The Kier molecular flexibility index (Phi) is 4.19. The maximum absolute atomic E-state index is 12.7. The Morgan fingerprint density at radius 3 is 2.27 bits per heavy atom. The van der Waals surface area contributed by atoms with Crippen LogP contribution in [0.3, 0.4) is 0 Å². The Hall–Kier alpha value is -1.84. The van der Waals surface area contributed by atoms with Crippen LogP contribution in [-0.4, -0.2) is 35.0 Å². The van der Waals surface area contributed by atoms with Crippen molar-refractivity contribution in [3.05, 3.63) is 35.4 Å². The van der Waals surface area contributed by atoms with Gasteiger partial charge in [0.1, 0.15) is 0 Å². The lowest BCUT2D eigenvalue weighted by Crippen LogP contribution is -2.43. The Bertz CT molecular complexity index is 558. The van der Waals surface area contributed by atoms with E-state index in [0.29, 0.717) is 12.8 Å². The van der Waals surface area contributed by atoms with E-state index in [2.05, 4.69) is 12.1 Å². The van der Waals surface area contributed by atoms with E-state index < -0.39 is 5.97 Å². The molecule has 0 bridgehead atoms. The second-order valence-corrected chi connectivity index (χ2v) is 6.68. The molecule has 4 nitrogen and oxygen atoms in total. The molecule has 1 aromatic rings. The average Bonchev–Trinajstić information content (AvgIpc) is 2.97. The number of amides is 1.